The topological polar surface area (TPSA) is 65.0 Å². The van der Waals surface area contributed by atoms with E-state index in [0.717, 1.165) is 24.2 Å². The van der Waals surface area contributed by atoms with Crippen molar-refractivity contribution in [1.29, 1.82) is 0 Å². The maximum atomic E-state index is 10.5. The molecule has 2 fully saturated rings. The minimum Gasteiger partial charge on any atom is -0.504 e. The second-order valence-electron chi connectivity index (χ2n) is 7.77. The largest absolute Gasteiger partial charge is 0.504 e. The average molecular weight is 368 g/mol. The lowest BCUT2D eigenvalue weighted by molar-refractivity contribution is 0.129. The van der Waals surface area contributed by atoms with E-state index in [1.165, 1.54) is 0 Å². The first-order valence-electron chi connectivity index (χ1n) is 9.67. The molecule has 5 heteroatoms. The van der Waals surface area contributed by atoms with Crippen LogP contribution in [-0.4, -0.2) is 48.5 Å². The van der Waals surface area contributed by atoms with Gasteiger partial charge in [0.2, 0.25) is 0 Å². The number of phenols is 1. The highest BCUT2D eigenvalue weighted by Crippen LogP contribution is 2.51. The number of aromatic hydroxyl groups is 1. The van der Waals surface area contributed by atoms with Crippen molar-refractivity contribution in [2.24, 2.45) is 11.8 Å². The lowest BCUT2D eigenvalue weighted by atomic mass is 9.76. The number of hydrogen-bond donors (Lipinski definition) is 3. The molecule has 0 bridgehead atoms. The number of phenolic OH excluding ortho intramolecular Hbond substituents is 1. The molecule has 0 aromatic heterocycles. The number of benzene rings is 2. The Hall–Kier alpha value is -2.08. The molecule has 2 aromatic carbocycles. The van der Waals surface area contributed by atoms with Crippen LogP contribution < -0.4 is 10.1 Å². The fourth-order valence-corrected chi connectivity index (χ4v) is 5.00. The van der Waals surface area contributed by atoms with Crippen LogP contribution in [-0.2, 0) is 5.54 Å². The number of hydrogen-bond acceptors (Lipinski definition) is 5. The smallest absolute Gasteiger partial charge is 0.161 e. The summed E-state index contributed by atoms with van der Waals surface area (Å²) in [6, 6.07) is 16.0. The van der Waals surface area contributed by atoms with E-state index in [9.17, 15) is 10.2 Å². The molecule has 0 radical (unpaired) electrons. The first-order valence-corrected chi connectivity index (χ1v) is 9.67. The Balaban J connectivity index is 1.76. The molecule has 0 spiro atoms. The summed E-state index contributed by atoms with van der Waals surface area (Å²) in [5, 5.41) is 24.4. The lowest BCUT2D eigenvalue weighted by Gasteiger charge is -2.35. The molecule has 3 N–H and O–H groups in total. The van der Waals surface area contributed by atoms with E-state index in [-0.39, 0.29) is 18.4 Å². The molecule has 2 saturated heterocycles. The normalized spacial score (nSPS) is 30.4. The zero-order valence-electron chi connectivity index (χ0n) is 15.9. The quantitative estimate of drug-likeness (QED) is 0.757. The van der Waals surface area contributed by atoms with Gasteiger partial charge in [0.05, 0.1) is 18.8 Å². The van der Waals surface area contributed by atoms with Crippen LogP contribution in [0.25, 0.3) is 0 Å². The Morgan fingerprint density at radius 1 is 1.19 bits per heavy atom. The molecule has 0 aliphatic carbocycles. The summed E-state index contributed by atoms with van der Waals surface area (Å²) in [6.07, 6.45) is 0. The molecule has 2 heterocycles. The third kappa shape index (κ3) is 3.00. The van der Waals surface area contributed by atoms with E-state index in [1.54, 1.807) is 6.07 Å². The van der Waals surface area contributed by atoms with Gasteiger partial charge in [-0.3, -0.25) is 5.32 Å². The lowest BCUT2D eigenvalue weighted by Crippen LogP contribution is -2.47. The van der Waals surface area contributed by atoms with Gasteiger partial charge >= 0.3 is 0 Å². The van der Waals surface area contributed by atoms with E-state index in [1.807, 2.05) is 37.3 Å². The minimum atomic E-state index is -0.467. The summed E-state index contributed by atoms with van der Waals surface area (Å²) in [6.45, 7) is 4.39. The zero-order valence-corrected chi connectivity index (χ0v) is 15.9. The second kappa shape index (κ2) is 7.15. The van der Waals surface area contributed by atoms with E-state index < -0.39 is 5.54 Å². The number of ether oxygens (including phenoxy) is 1. The summed E-state index contributed by atoms with van der Waals surface area (Å²) in [4.78, 5) is 2.35. The number of aliphatic hydroxyl groups excluding tert-OH is 1. The maximum absolute atomic E-state index is 10.5. The number of nitrogens with one attached hydrogen (secondary N) is 1. The highest BCUT2D eigenvalue weighted by molar-refractivity contribution is 5.44. The first kappa shape index (κ1) is 18.3. The number of nitrogens with zero attached hydrogens (tertiary/aromatic N) is 1. The van der Waals surface area contributed by atoms with Gasteiger partial charge in [0, 0.05) is 25.0 Å². The van der Waals surface area contributed by atoms with Crippen molar-refractivity contribution in [3.05, 3.63) is 59.7 Å². The van der Waals surface area contributed by atoms with Gasteiger partial charge in [0.15, 0.2) is 11.5 Å². The van der Waals surface area contributed by atoms with Crippen LogP contribution in [0.3, 0.4) is 0 Å². The standard InChI is InChI=1S/C22H28N2O3/c1-3-27-20-11-15(9-10-19(20)26)21-17-12-24(2)13-18(17)22(14-25,23-21)16-7-5-4-6-8-16/h4-11,17-18,21,23,25-26H,3,12-14H2,1-2H3/t17-,18+,21-,22-/m1/s1. The number of rotatable bonds is 5. The summed E-state index contributed by atoms with van der Waals surface area (Å²) in [7, 11) is 2.14. The van der Waals surface area contributed by atoms with Crippen molar-refractivity contribution < 1.29 is 14.9 Å². The van der Waals surface area contributed by atoms with Crippen LogP contribution >= 0.6 is 0 Å². The van der Waals surface area contributed by atoms with Gasteiger partial charge in [-0.15, -0.1) is 0 Å². The predicted molar refractivity (Wildman–Crippen MR) is 105 cm³/mol. The average Bonchev–Trinajstić information content (AvgIpc) is 3.21. The Labute approximate surface area is 160 Å². The van der Waals surface area contributed by atoms with Crippen LogP contribution in [0.5, 0.6) is 11.5 Å². The highest BCUT2D eigenvalue weighted by Gasteiger charge is 2.56. The van der Waals surface area contributed by atoms with Crippen LogP contribution in [0, 0.1) is 11.8 Å². The molecule has 5 nitrogen and oxygen atoms in total. The Morgan fingerprint density at radius 3 is 2.67 bits per heavy atom. The summed E-state index contributed by atoms with van der Waals surface area (Å²) in [5.41, 5.74) is 1.75. The van der Waals surface area contributed by atoms with Gasteiger partial charge in [0.25, 0.3) is 0 Å². The third-order valence-electron chi connectivity index (χ3n) is 6.20. The van der Waals surface area contributed by atoms with Gasteiger partial charge in [-0.1, -0.05) is 36.4 Å². The molecular formula is C22H28N2O3. The minimum absolute atomic E-state index is 0.0545. The Kier molecular flexibility index (Phi) is 4.84. The molecule has 0 amide bonds. The molecule has 4 atom stereocenters. The Morgan fingerprint density at radius 2 is 1.96 bits per heavy atom. The summed E-state index contributed by atoms with van der Waals surface area (Å²) >= 11 is 0. The fourth-order valence-electron chi connectivity index (χ4n) is 5.00. The molecular weight excluding hydrogens is 340 g/mol. The highest BCUT2D eigenvalue weighted by atomic mass is 16.5. The second-order valence-corrected chi connectivity index (χ2v) is 7.77. The molecule has 4 rings (SSSR count). The molecule has 27 heavy (non-hydrogen) atoms. The van der Waals surface area contributed by atoms with Crippen LogP contribution in [0.15, 0.2) is 48.5 Å². The van der Waals surface area contributed by atoms with Gasteiger partial charge in [-0.25, -0.2) is 0 Å². The zero-order chi connectivity index (χ0) is 19.0. The van der Waals surface area contributed by atoms with Crippen LogP contribution in [0.1, 0.15) is 24.1 Å². The van der Waals surface area contributed by atoms with Crippen molar-refractivity contribution in [1.82, 2.24) is 10.2 Å². The molecule has 144 valence electrons. The first-order chi connectivity index (χ1) is 13.1. The summed E-state index contributed by atoms with van der Waals surface area (Å²) in [5.74, 6) is 1.36. The van der Waals surface area contributed by atoms with Crippen molar-refractivity contribution in [3.8, 4) is 11.5 Å². The summed E-state index contributed by atoms with van der Waals surface area (Å²) < 4.78 is 5.59. The predicted octanol–water partition coefficient (Wildman–Crippen LogP) is 2.50. The number of likely N-dealkylation sites (tertiary alicyclic amines) is 1. The molecule has 2 aliphatic heterocycles. The fraction of sp³-hybridized carbons (Fsp3) is 0.455. The van der Waals surface area contributed by atoms with Crippen molar-refractivity contribution in [2.45, 2.75) is 18.5 Å². The van der Waals surface area contributed by atoms with Gasteiger partial charge < -0.3 is 19.8 Å². The van der Waals surface area contributed by atoms with Gasteiger partial charge in [-0.2, -0.15) is 0 Å². The Bertz CT molecular complexity index is 797. The van der Waals surface area contributed by atoms with Crippen molar-refractivity contribution in [2.75, 3.05) is 33.4 Å². The van der Waals surface area contributed by atoms with Crippen molar-refractivity contribution >= 4 is 0 Å². The molecule has 2 aliphatic rings. The van der Waals surface area contributed by atoms with Crippen LogP contribution in [0.2, 0.25) is 0 Å². The number of aliphatic hydroxyl groups is 1. The van der Waals surface area contributed by atoms with Crippen LogP contribution in [0.4, 0.5) is 0 Å². The third-order valence-corrected chi connectivity index (χ3v) is 6.20. The monoisotopic (exact) mass is 368 g/mol. The van der Waals surface area contributed by atoms with E-state index in [0.29, 0.717) is 24.2 Å². The molecule has 0 saturated carbocycles. The van der Waals surface area contributed by atoms with E-state index in [4.69, 9.17) is 4.74 Å². The van der Waals surface area contributed by atoms with E-state index in [2.05, 4.69) is 29.4 Å². The molecule has 2 aromatic rings. The molecule has 0 unspecified atom stereocenters. The number of fused-ring (bicyclic) bond motifs is 1. The van der Waals surface area contributed by atoms with Gasteiger partial charge in [0.1, 0.15) is 0 Å². The van der Waals surface area contributed by atoms with E-state index >= 15 is 0 Å². The van der Waals surface area contributed by atoms with Gasteiger partial charge in [-0.05, 0) is 43.1 Å². The maximum Gasteiger partial charge on any atom is 0.161 e. The SMILES string of the molecule is CCOc1cc([C@H]2N[C@](CO)(c3ccccc3)[C@H]3CN(C)C[C@@H]23)ccc1O. The van der Waals surface area contributed by atoms with Crippen molar-refractivity contribution in [3.63, 3.8) is 0 Å².